The van der Waals surface area contributed by atoms with E-state index in [4.69, 9.17) is 29.4 Å². The van der Waals surface area contributed by atoms with Gasteiger partial charge in [0.05, 0.1) is 18.5 Å². The summed E-state index contributed by atoms with van der Waals surface area (Å²) in [7, 11) is 1.27. The van der Waals surface area contributed by atoms with Crippen molar-refractivity contribution >= 4 is 86.3 Å². The summed E-state index contributed by atoms with van der Waals surface area (Å²) >= 11 is 0. The van der Waals surface area contributed by atoms with Crippen LogP contribution in [0.5, 0.6) is 0 Å². The molecule has 8 bridgehead atoms. The summed E-state index contributed by atoms with van der Waals surface area (Å²) in [5.74, 6) is -0.983. The van der Waals surface area contributed by atoms with Crippen LogP contribution in [0.15, 0.2) is 36.4 Å². The Hall–Kier alpha value is -4.61. The molecular weight excluding hydrogens is 837 g/mol. The molecule has 5 atom stereocenters. The van der Waals surface area contributed by atoms with Gasteiger partial charge < -0.3 is 19.4 Å². The van der Waals surface area contributed by atoms with Crippen LogP contribution in [0.3, 0.4) is 0 Å². The SMILES string of the molecule is C=Cc1c(C)c2cc3nc(c4c5[n-]c(cc6nc(cc1[n-]2)C(C=O)=C6CC)c(C)c5C(=O)[C@H]4C(=O)OC)[C@@H](CCC(=O)OC/C=C(\C)CCC[C@@H](C)CCC[C@@H](C)CCCC(C)C)[C@@H]3C.[Mg+2]. The van der Waals surface area contributed by atoms with E-state index in [-0.39, 0.29) is 53.9 Å². The molecular formula is C55H70MgN4O6. The first-order valence-corrected chi connectivity index (χ1v) is 24.0. The third-order valence-corrected chi connectivity index (χ3v) is 14.1. The number of ether oxygens (including phenoxy) is 2. The number of esters is 2. The molecule has 0 N–H and O–H groups in total. The van der Waals surface area contributed by atoms with E-state index in [0.717, 1.165) is 47.7 Å². The van der Waals surface area contributed by atoms with Gasteiger partial charge >= 0.3 is 35.0 Å². The predicted molar refractivity (Wildman–Crippen MR) is 266 cm³/mol. The molecule has 10 nitrogen and oxygen atoms in total. The van der Waals surface area contributed by atoms with Gasteiger partial charge in [-0.05, 0) is 93.1 Å². The minimum absolute atomic E-state index is 0. The van der Waals surface area contributed by atoms with Crippen molar-refractivity contribution < 1.29 is 28.7 Å². The van der Waals surface area contributed by atoms with Gasteiger partial charge in [-0.3, -0.25) is 24.2 Å². The molecule has 0 fully saturated rings. The first kappa shape index (κ1) is 52.4. The van der Waals surface area contributed by atoms with Crippen molar-refractivity contribution in [2.45, 2.75) is 157 Å². The third kappa shape index (κ3) is 11.6. The van der Waals surface area contributed by atoms with Gasteiger partial charge in [-0.1, -0.05) is 128 Å². The van der Waals surface area contributed by atoms with Crippen molar-refractivity contribution in [1.82, 2.24) is 19.9 Å². The Balaban J connectivity index is 0.00000817. The number of nitrogens with zero attached hydrogens (tertiary/aromatic N) is 4. The Morgan fingerprint density at radius 3 is 2.17 bits per heavy atom. The molecule has 66 heavy (non-hydrogen) atoms. The van der Waals surface area contributed by atoms with Crippen LogP contribution in [0.1, 0.15) is 199 Å². The number of carbonyl (C=O) groups excluding carboxylic acids is 4. The summed E-state index contributed by atoms with van der Waals surface area (Å²) in [6.45, 7) is 23.5. The summed E-state index contributed by atoms with van der Waals surface area (Å²) in [6.07, 6.45) is 16.8. The predicted octanol–water partition coefficient (Wildman–Crippen LogP) is 12.0. The van der Waals surface area contributed by atoms with Crippen LogP contribution in [-0.4, -0.2) is 70.7 Å². The van der Waals surface area contributed by atoms with E-state index in [1.165, 1.54) is 57.6 Å². The number of carbonyl (C=O) groups is 4. The van der Waals surface area contributed by atoms with Gasteiger partial charge in [0, 0.05) is 40.8 Å². The fraction of sp³-hybridized carbons (Fsp3) is 0.527. The molecule has 0 unspecified atom stereocenters. The average molecular weight is 907 g/mol. The van der Waals surface area contributed by atoms with E-state index in [1.54, 1.807) is 12.1 Å². The van der Waals surface area contributed by atoms with Gasteiger partial charge in [0.2, 0.25) is 0 Å². The van der Waals surface area contributed by atoms with Crippen molar-refractivity contribution in [3.05, 3.63) is 87.0 Å². The molecule has 0 aromatic carbocycles. The summed E-state index contributed by atoms with van der Waals surface area (Å²) in [4.78, 5) is 74.1. The van der Waals surface area contributed by atoms with E-state index in [9.17, 15) is 19.2 Å². The number of aryl methyl sites for hydroxylation is 2. The van der Waals surface area contributed by atoms with E-state index < -0.39 is 17.7 Å². The van der Waals surface area contributed by atoms with Crippen LogP contribution in [0, 0.1) is 31.6 Å². The molecule has 0 saturated carbocycles. The van der Waals surface area contributed by atoms with Crippen molar-refractivity contribution in [2.24, 2.45) is 17.8 Å². The maximum absolute atomic E-state index is 14.4. The zero-order chi connectivity index (χ0) is 47.1. The first-order valence-electron chi connectivity index (χ1n) is 24.0. The zero-order valence-corrected chi connectivity index (χ0v) is 42.7. The van der Waals surface area contributed by atoms with E-state index in [2.05, 4.69) is 41.2 Å². The standard InChI is InChI=1S/C55H71N4O6.Mg/c1-12-38-35(8)42-27-43-36(9)40(23-24-48(61)65-26-25-34(7)22-16-21-33(6)20-15-19-32(5)18-14-17-31(3)4)52(58-43)50-51(55(63)64-11)54(62)49-37(10)44(59-53(49)50)28-46-39(13-2)41(30-60)47(57-46)29-45(38)56-42;/h12,25,27-33,36,40,51H,1,13-24,26H2,2-11H3,(H-,56,57,58,59,60,62);/q-1;+2/p-1/b34-25+;/t32-,33-,36-,40-,51-;/m0./s1. The van der Waals surface area contributed by atoms with Gasteiger partial charge in [-0.15, -0.1) is 22.1 Å². The van der Waals surface area contributed by atoms with Crippen LogP contribution in [0.4, 0.5) is 0 Å². The summed E-state index contributed by atoms with van der Waals surface area (Å²) in [5, 5.41) is 0. The van der Waals surface area contributed by atoms with Gasteiger partial charge in [0.15, 0.2) is 12.1 Å². The number of methoxy groups -OCH3 is 1. The second kappa shape index (κ2) is 23.4. The van der Waals surface area contributed by atoms with Crippen molar-refractivity contribution in [2.75, 3.05) is 13.7 Å². The fourth-order valence-corrected chi connectivity index (χ4v) is 10.0. The Kier molecular flexibility index (Phi) is 18.6. The molecule has 3 aromatic heterocycles. The molecule has 0 radical (unpaired) electrons. The number of rotatable bonds is 21. The largest absolute Gasteiger partial charge is 2.00 e. The second-order valence-electron chi connectivity index (χ2n) is 19.3. The fourth-order valence-electron chi connectivity index (χ4n) is 10.0. The number of allylic oxidation sites excluding steroid dienone is 3. The van der Waals surface area contributed by atoms with Crippen molar-refractivity contribution in [1.29, 1.82) is 0 Å². The number of fused-ring (bicyclic) bond motifs is 8. The second-order valence-corrected chi connectivity index (χ2v) is 19.3. The van der Waals surface area contributed by atoms with E-state index in [1.807, 2.05) is 45.9 Å². The summed E-state index contributed by atoms with van der Waals surface area (Å²) in [6, 6.07) is 5.55. The number of hydrogen-bond donors (Lipinski definition) is 0. The molecule has 11 heteroatoms. The molecule has 348 valence electrons. The van der Waals surface area contributed by atoms with E-state index >= 15 is 0 Å². The number of hydrogen-bond acceptors (Lipinski definition) is 8. The number of ketones is 1. The Morgan fingerprint density at radius 1 is 0.879 bits per heavy atom. The van der Waals surface area contributed by atoms with Crippen LogP contribution in [0.2, 0.25) is 0 Å². The van der Waals surface area contributed by atoms with Crippen molar-refractivity contribution in [3.63, 3.8) is 0 Å². The zero-order valence-electron chi connectivity index (χ0n) is 41.3. The van der Waals surface area contributed by atoms with Gasteiger partial charge in [-0.2, -0.15) is 0 Å². The smallest absolute Gasteiger partial charge is 0.657 e. The third-order valence-electron chi connectivity index (χ3n) is 14.1. The minimum Gasteiger partial charge on any atom is -0.657 e. The maximum atomic E-state index is 14.4. The molecule has 1 aliphatic carbocycles. The van der Waals surface area contributed by atoms with Crippen LogP contribution in [-0.2, 0) is 23.9 Å². The average Bonchev–Trinajstić information content (AvgIpc) is 4.02. The van der Waals surface area contributed by atoms with Gasteiger partial charge in [0.25, 0.3) is 0 Å². The normalized spacial score (nSPS) is 17.8. The summed E-state index contributed by atoms with van der Waals surface area (Å²) < 4.78 is 11.0. The Morgan fingerprint density at radius 2 is 1.53 bits per heavy atom. The maximum Gasteiger partial charge on any atom is 2.00 e. The van der Waals surface area contributed by atoms with E-state index in [0.29, 0.717) is 85.9 Å². The molecule has 3 aliphatic rings. The number of Topliss-reactive ketones (excluding diaryl/α,β-unsaturated/α-hetero) is 1. The molecule has 2 aliphatic heterocycles. The minimum atomic E-state index is -1.27. The summed E-state index contributed by atoms with van der Waals surface area (Å²) in [5.41, 5.74) is 9.91. The molecule has 0 amide bonds. The number of aromatic nitrogens is 4. The van der Waals surface area contributed by atoms with Crippen LogP contribution >= 0.6 is 0 Å². The Bertz CT molecular complexity index is 2540. The Labute approximate surface area is 408 Å². The molecule has 5 heterocycles. The van der Waals surface area contributed by atoms with Crippen LogP contribution < -0.4 is 9.97 Å². The monoisotopic (exact) mass is 907 g/mol. The van der Waals surface area contributed by atoms with Crippen LogP contribution in [0.25, 0.3) is 39.3 Å². The number of aldehydes is 1. The molecule has 0 spiro atoms. The van der Waals surface area contributed by atoms with Gasteiger partial charge in [-0.25, -0.2) is 4.98 Å². The van der Waals surface area contributed by atoms with Crippen molar-refractivity contribution in [3.8, 4) is 0 Å². The van der Waals surface area contributed by atoms with Gasteiger partial charge in [0.1, 0.15) is 12.5 Å². The quantitative estimate of drug-likeness (QED) is 0.0333. The molecule has 3 aromatic rings. The molecule has 0 saturated heterocycles. The topological polar surface area (TPSA) is 141 Å². The first-order chi connectivity index (χ1) is 31.1. The molecule has 6 rings (SSSR count).